The quantitative estimate of drug-likeness (QED) is 0.870. The molecule has 2 aromatic rings. The summed E-state index contributed by atoms with van der Waals surface area (Å²) in [5, 5.41) is 10.2. The highest BCUT2D eigenvalue weighted by Crippen LogP contribution is 2.23. The minimum Gasteiger partial charge on any atom is -0.469 e. The fraction of sp³-hybridized carbons (Fsp3) is 0.375. The van der Waals surface area contributed by atoms with E-state index in [9.17, 15) is 5.11 Å². The molecule has 0 amide bonds. The van der Waals surface area contributed by atoms with Gasteiger partial charge in [-0.1, -0.05) is 38.1 Å². The third kappa shape index (κ3) is 2.82. The second-order valence-corrected chi connectivity index (χ2v) is 4.54. The molecule has 0 fully saturated rings. The van der Waals surface area contributed by atoms with Gasteiger partial charge < -0.3 is 9.52 Å². The molecule has 0 aliphatic rings. The summed E-state index contributed by atoms with van der Waals surface area (Å²) < 4.78 is 5.35. The number of hydrogen-bond donors (Lipinski definition) is 1. The zero-order valence-corrected chi connectivity index (χ0v) is 11.0. The molecule has 0 aliphatic carbocycles. The van der Waals surface area contributed by atoms with Crippen LogP contribution in [0.3, 0.4) is 0 Å². The van der Waals surface area contributed by atoms with E-state index in [1.165, 1.54) is 5.56 Å². The van der Waals surface area contributed by atoms with Crippen LogP contribution in [0.15, 0.2) is 41.0 Å². The molecular formula is C16H20O2. The van der Waals surface area contributed by atoms with Crippen LogP contribution in [0, 0.1) is 0 Å². The number of aliphatic hydroxyl groups excluding tert-OH is 1. The van der Waals surface area contributed by atoms with Gasteiger partial charge in [0.1, 0.15) is 5.76 Å². The van der Waals surface area contributed by atoms with Crippen molar-refractivity contribution in [3.8, 4) is 0 Å². The third-order valence-corrected chi connectivity index (χ3v) is 3.32. The molecule has 1 aromatic heterocycles. The minimum absolute atomic E-state index is 0.480. The maximum atomic E-state index is 10.2. The van der Waals surface area contributed by atoms with Gasteiger partial charge in [-0.2, -0.15) is 0 Å². The second kappa shape index (κ2) is 5.87. The van der Waals surface area contributed by atoms with E-state index in [0.717, 1.165) is 29.7 Å². The zero-order valence-electron chi connectivity index (χ0n) is 11.0. The first kappa shape index (κ1) is 12.9. The van der Waals surface area contributed by atoms with E-state index in [1.54, 1.807) is 6.26 Å². The molecular weight excluding hydrogens is 224 g/mol. The molecule has 1 aromatic carbocycles. The summed E-state index contributed by atoms with van der Waals surface area (Å²) in [5.74, 6) is 0.882. The van der Waals surface area contributed by atoms with Crippen molar-refractivity contribution >= 4 is 0 Å². The summed E-state index contributed by atoms with van der Waals surface area (Å²) in [6.45, 7) is 4.17. The van der Waals surface area contributed by atoms with Gasteiger partial charge >= 0.3 is 0 Å². The number of furan rings is 1. The van der Waals surface area contributed by atoms with Gasteiger partial charge in [-0.3, -0.25) is 0 Å². The molecule has 1 unspecified atom stereocenters. The van der Waals surface area contributed by atoms with E-state index in [-0.39, 0.29) is 0 Å². The van der Waals surface area contributed by atoms with E-state index >= 15 is 0 Å². The van der Waals surface area contributed by atoms with Gasteiger partial charge in [0, 0.05) is 18.4 Å². The van der Waals surface area contributed by atoms with E-state index in [1.807, 2.05) is 13.0 Å². The number of hydrogen-bond acceptors (Lipinski definition) is 2. The molecule has 0 bridgehead atoms. The summed E-state index contributed by atoms with van der Waals surface area (Å²) >= 11 is 0. The summed E-state index contributed by atoms with van der Waals surface area (Å²) in [6, 6.07) is 10.3. The Bertz CT molecular complexity index is 482. The predicted octanol–water partition coefficient (Wildman–Crippen LogP) is 3.68. The van der Waals surface area contributed by atoms with Crippen LogP contribution < -0.4 is 0 Å². The Hall–Kier alpha value is -1.54. The molecule has 2 rings (SSSR count). The van der Waals surface area contributed by atoms with Crippen LogP contribution in [-0.4, -0.2) is 5.11 Å². The fourth-order valence-corrected chi connectivity index (χ4v) is 2.18. The average molecular weight is 244 g/mol. The minimum atomic E-state index is -0.480. The van der Waals surface area contributed by atoms with Crippen LogP contribution in [-0.2, 0) is 19.3 Å². The van der Waals surface area contributed by atoms with E-state index < -0.39 is 6.10 Å². The Labute approximate surface area is 108 Å². The Morgan fingerprint density at radius 3 is 2.28 bits per heavy atom. The highest BCUT2D eigenvalue weighted by molar-refractivity contribution is 5.26. The van der Waals surface area contributed by atoms with Crippen molar-refractivity contribution in [1.82, 2.24) is 0 Å². The molecule has 2 nitrogen and oxygen atoms in total. The molecule has 1 N–H and O–H groups in total. The Kier molecular flexibility index (Phi) is 4.21. The summed E-state index contributed by atoms with van der Waals surface area (Å²) in [6.07, 6.45) is 3.67. The Morgan fingerprint density at radius 1 is 1.00 bits per heavy atom. The first-order chi connectivity index (χ1) is 8.74. The van der Waals surface area contributed by atoms with Gasteiger partial charge in [0.25, 0.3) is 0 Å². The third-order valence-electron chi connectivity index (χ3n) is 3.32. The second-order valence-electron chi connectivity index (χ2n) is 4.54. The molecule has 18 heavy (non-hydrogen) atoms. The van der Waals surface area contributed by atoms with E-state index in [2.05, 4.69) is 31.2 Å². The summed E-state index contributed by atoms with van der Waals surface area (Å²) in [5.41, 5.74) is 3.39. The van der Waals surface area contributed by atoms with Crippen molar-refractivity contribution in [3.05, 3.63) is 59.0 Å². The van der Waals surface area contributed by atoms with Crippen LogP contribution in [0.2, 0.25) is 0 Å². The lowest BCUT2D eigenvalue weighted by Crippen LogP contribution is -2.03. The number of rotatable bonds is 5. The monoisotopic (exact) mass is 244 g/mol. The van der Waals surface area contributed by atoms with Crippen molar-refractivity contribution in [2.24, 2.45) is 0 Å². The highest BCUT2D eigenvalue weighted by atomic mass is 16.3. The molecule has 0 saturated heterocycles. The van der Waals surface area contributed by atoms with Crippen LogP contribution in [0.4, 0.5) is 0 Å². The first-order valence-corrected chi connectivity index (χ1v) is 6.56. The number of aryl methyl sites for hydroxylation is 2. The van der Waals surface area contributed by atoms with Crippen molar-refractivity contribution < 1.29 is 9.52 Å². The summed E-state index contributed by atoms with van der Waals surface area (Å²) in [7, 11) is 0. The SMILES string of the molecule is CCc1ccc(CC(O)c2ccoc2CC)cc1. The fourth-order valence-electron chi connectivity index (χ4n) is 2.18. The lowest BCUT2D eigenvalue weighted by molar-refractivity contribution is 0.176. The van der Waals surface area contributed by atoms with Crippen molar-refractivity contribution in [3.63, 3.8) is 0 Å². The standard InChI is InChI=1S/C16H20O2/c1-3-12-5-7-13(8-6-12)11-15(17)14-9-10-18-16(14)4-2/h5-10,15,17H,3-4,11H2,1-2H3. The maximum absolute atomic E-state index is 10.2. The van der Waals surface area contributed by atoms with Crippen LogP contribution >= 0.6 is 0 Å². The van der Waals surface area contributed by atoms with Crippen molar-refractivity contribution in [2.45, 2.75) is 39.2 Å². The molecule has 0 spiro atoms. The molecule has 0 radical (unpaired) electrons. The number of aliphatic hydroxyl groups is 1. The highest BCUT2D eigenvalue weighted by Gasteiger charge is 2.14. The molecule has 96 valence electrons. The lowest BCUT2D eigenvalue weighted by Gasteiger charge is -2.11. The van der Waals surface area contributed by atoms with Gasteiger partial charge in [0.05, 0.1) is 12.4 Å². The van der Waals surface area contributed by atoms with Gasteiger partial charge in [-0.05, 0) is 23.6 Å². The van der Waals surface area contributed by atoms with Gasteiger partial charge in [0.2, 0.25) is 0 Å². The lowest BCUT2D eigenvalue weighted by atomic mass is 10.00. The smallest absolute Gasteiger partial charge is 0.109 e. The molecule has 1 heterocycles. The Morgan fingerprint density at radius 2 is 1.67 bits per heavy atom. The van der Waals surface area contributed by atoms with Gasteiger partial charge in [0.15, 0.2) is 0 Å². The van der Waals surface area contributed by atoms with Crippen LogP contribution in [0.1, 0.15) is 42.4 Å². The molecule has 2 heteroatoms. The van der Waals surface area contributed by atoms with E-state index in [4.69, 9.17) is 4.42 Å². The van der Waals surface area contributed by atoms with Gasteiger partial charge in [-0.15, -0.1) is 0 Å². The molecule has 1 atom stereocenters. The van der Waals surface area contributed by atoms with Crippen LogP contribution in [0.25, 0.3) is 0 Å². The first-order valence-electron chi connectivity index (χ1n) is 6.56. The zero-order chi connectivity index (χ0) is 13.0. The molecule has 0 aliphatic heterocycles. The Balaban J connectivity index is 2.08. The van der Waals surface area contributed by atoms with Crippen LogP contribution in [0.5, 0.6) is 0 Å². The maximum Gasteiger partial charge on any atom is 0.109 e. The van der Waals surface area contributed by atoms with Gasteiger partial charge in [-0.25, -0.2) is 0 Å². The largest absolute Gasteiger partial charge is 0.469 e. The normalized spacial score (nSPS) is 12.6. The van der Waals surface area contributed by atoms with Crippen molar-refractivity contribution in [1.29, 1.82) is 0 Å². The topological polar surface area (TPSA) is 33.4 Å². The molecule has 0 saturated carbocycles. The predicted molar refractivity (Wildman–Crippen MR) is 72.6 cm³/mol. The van der Waals surface area contributed by atoms with E-state index in [0.29, 0.717) is 6.42 Å². The summed E-state index contributed by atoms with van der Waals surface area (Å²) in [4.78, 5) is 0. The van der Waals surface area contributed by atoms with Crippen molar-refractivity contribution in [2.75, 3.05) is 0 Å². The number of benzene rings is 1. The average Bonchev–Trinajstić information content (AvgIpc) is 2.88.